The van der Waals surface area contributed by atoms with Gasteiger partial charge in [-0.15, -0.1) is 11.3 Å². The summed E-state index contributed by atoms with van der Waals surface area (Å²) in [4.78, 5) is 29.1. The van der Waals surface area contributed by atoms with Crippen LogP contribution in [0.1, 0.15) is 38.9 Å². The smallest absolute Gasteiger partial charge is 0.260 e. The third-order valence-electron chi connectivity index (χ3n) is 5.07. The number of nitriles is 1. The molecule has 170 valence electrons. The number of carbonyl (C=O) groups excluding carboxylic acids is 2. The molecule has 34 heavy (non-hydrogen) atoms. The number of rotatable bonds is 7. The fourth-order valence-corrected chi connectivity index (χ4v) is 4.40. The van der Waals surface area contributed by atoms with Crippen LogP contribution in [0.2, 0.25) is 5.02 Å². The molecule has 2 amide bonds. The molecule has 1 atom stereocenters. The van der Waals surface area contributed by atoms with E-state index in [2.05, 4.69) is 21.7 Å². The molecule has 0 aliphatic carbocycles. The van der Waals surface area contributed by atoms with Crippen LogP contribution in [-0.2, 0) is 11.2 Å². The lowest BCUT2D eigenvalue weighted by molar-refractivity contribution is -0.115. The van der Waals surface area contributed by atoms with Crippen molar-refractivity contribution in [2.45, 2.75) is 19.3 Å². The molecule has 0 bridgehead atoms. The van der Waals surface area contributed by atoms with Crippen molar-refractivity contribution < 1.29 is 14.0 Å². The molecule has 9 heteroatoms. The maximum atomic E-state index is 12.5. The highest BCUT2D eigenvalue weighted by Gasteiger charge is 2.18. The Balaban J connectivity index is 1.38. The van der Waals surface area contributed by atoms with Crippen LogP contribution in [0.4, 0.5) is 10.8 Å². The highest BCUT2D eigenvalue weighted by molar-refractivity contribution is 7.14. The number of benzene rings is 2. The molecule has 0 aliphatic rings. The summed E-state index contributed by atoms with van der Waals surface area (Å²) in [5, 5.41) is 17.6. The quantitative estimate of drug-likeness (QED) is 0.341. The number of nitrogens with one attached hydrogen (secondary N) is 2. The summed E-state index contributed by atoms with van der Waals surface area (Å²) >= 11 is 7.67. The third-order valence-corrected chi connectivity index (χ3v) is 6.21. The summed E-state index contributed by atoms with van der Waals surface area (Å²) in [6.45, 7) is 1.70. The number of halogens is 1. The van der Waals surface area contributed by atoms with Crippen LogP contribution < -0.4 is 10.6 Å². The molecular weight excluding hydrogens is 472 g/mol. The zero-order chi connectivity index (χ0) is 24.1. The molecule has 4 aromatic rings. The number of hydrogen-bond acceptors (Lipinski definition) is 6. The highest BCUT2D eigenvalue weighted by Crippen LogP contribution is 2.32. The second-order valence-electron chi connectivity index (χ2n) is 7.42. The van der Waals surface area contributed by atoms with Gasteiger partial charge >= 0.3 is 0 Å². The lowest BCUT2D eigenvalue weighted by Gasteiger charge is -2.13. The van der Waals surface area contributed by atoms with Crippen LogP contribution in [0.15, 0.2) is 70.7 Å². The van der Waals surface area contributed by atoms with Crippen molar-refractivity contribution in [2.24, 2.45) is 0 Å². The van der Waals surface area contributed by atoms with Gasteiger partial charge in [-0.1, -0.05) is 48.0 Å². The third kappa shape index (κ3) is 5.34. The summed E-state index contributed by atoms with van der Waals surface area (Å²) in [5.74, 6) is -0.591. The van der Waals surface area contributed by atoms with Crippen LogP contribution in [0.3, 0.4) is 0 Å². The Morgan fingerprint density at radius 3 is 2.65 bits per heavy atom. The molecule has 7 nitrogen and oxygen atoms in total. The molecule has 0 spiro atoms. The monoisotopic (exact) mass is 490 g/mol. The summed E-state index contributed by atoms with van der Waals surface area (Å²) in [7, 11) is 0. The molecule has 2 aromatic heterocycles. The van der Waals surface area contributed by atoms with Crippen LogP contribution in [0, 0.1) is 18.3 Å². The van der Waals surface area contributed by atoms with Crippen LogP contribution in [0.5, 0.6) is 0 Å². The number of thiazole rings is 1. The molecule has 0 radical (unpaired) electrons. The predicted octanol–water partition coefficient (Wildman–Crippen LogP) is 5.79. The van der Waals surface area contributed by atoms with Gasteiger partial charge in [-0.3, -0.25) is 14.9 Å². The van der Waals surface area contributed by atoms with E-state index in [1.165, 1.54) is 17.6 Å². The van der Waals surface area contributed by atoms with Crippen LogP contribution in [0.25, 0.3) is 0 Å². The number of anilines is 2. The van der Waals surface area contributed by atoms with E-state index < -0.39 is 5.92 Å². The van der Waals surface area contributed by atoms with Crippen LogP contribution >= 0.6 is 22.9 Å². The van der Waals surface area contributed by atoms with E-state index in [0.29, 0.717) is 38.4 Å². The number of furan rings is 1. The van der Waals surface area contributed by atoms with Crippen LogP contribution in [-0.4, -0.2) is 16.8 Å². The van der Waals surface area contributed by atoms with Gasteiger partial charge < -0.3 is 9.73 Å². The first kappa shape index (κ1) is 23.2. The van der Waals surface area contributed by atoms with Crippen molar-refractivity contribution in [3.8, 4) is 6.07 Å². The normalized spacial score (nSPS) is 11.4. The largest absolute Gasteiger partial charge is 0.469 e. The number of aryl methyl sites for hydroxylation is 1. The lowest BCUT2D eigenvalue weighted by atomic mass is 9.92. The summed E-state index contributed by atoms with van der Waals surface area (Å²) in [5.41, 5.74) is 2.99. The number of aromatic nitrogens is 1. The van der Waals surface area contributed by atoms with Crippen molar-refractivity contribution in [1.29, 1.82) is 5.26 Å². The Bertz CT molecular complexity index is 1370. The molecule has 1 unspecified atom stereocenters. The van der Waals surface area contributed by atoms with Gasteiger partial charge in [0, 0.05) is 16.1 Å². The lowest BCUT2D eigenvalue weighted by Crippen LogP contribution is -2.15. The second-order valence-corrected chi connectivity index (χ2v) is 8.69. The number of carbonyl (C=O) groups is 2. The fraction of sp³-hybridized carbons (Fsp3) is 0.120. The zero-order valence-electron chi connectivity index (χ0n) is 18.0. The van der Waals surface area contributed by atoms with E-state index in [9.17, 15) is 14.9 Å². The van der Waals surface area contributed by atoms with Gasteiger partial charge in [0.1, 0.15) is 5.76 Å². The average molecular weight is 491 g/mol. The predicted molar refractivity (Wildman–Crippen MR) is 131 cm³/mol. The van der Waals surface area contributed by atoms with Crippen molar-refractivity contribution in [2.75, 3.05) is 10.6 Å². The standard InChI is InChI=1S/C25H19ClN4O3S/c1-15-19(9-10-33-15)24(32)30-25-29-18(14-34-25)12-23(31)28-17-7-8-20(22(26)11-17)21(13-27)16-5-3-2-4-6-16/h2-11,14,21H,12H2,1H3,(H,28,31)(H,29,30,32). The van der Waals surface area contributed by atoms with Crippen molar-refractivity contribution in [3.05, 3.63) is 99.4 Å². The Hall–Kier alpha value is -3.93. The minimum Gasteiger partial charge on any atom is -0.469 e. The molecular formula is C25H19ClN4O3S. The van der Waals surface area contributed by atoms with E-state index in [1.54, 1.807) is 36.6 Å². The molecule has 4 rings (SSSR count). The second kappa shape index (κ2) is 10.3. The first-order valence-electron chi connectivity index (χ1n) is 10.3. The first-order chi connectivity index (χ1) is 16.4. The van der Waals surface area contributed by atoms with E-state index in [1.807, 2.05) is 30.3 Å². The van der Waals surface area contributed by atoms with Gasteiger partial charge in [-0.05, 0) is 36.2 Å². The summed E-state index contributed by atoms with van der Waals surface area (Å²) in [6.07, 6.45) is 1.48. The molecule has 0 saturated carbocycles. The van der Waals surface area contributed by atoms with Gasteiger partial charge in [0.05, 0.1) is 35.9 Å². The minimum absolute atomic E-state index is 0.0291. The van der Waals surface area contributed by atoms with Crippen molar-refractivity contribution in [1.82, 2.24) is 4.98 Å². The van der Waals surface area contributed by atoms with Gasteiger partial charge in [0.15, 0.2) is 5.13 Å². The molecule has 2 heterocycles. The van der Waals surface area contributed by atoms with E-state index in [0.717, 1.165) is 5.56 Å². The van der Waals surface area contributed by atoms with Crippen molar-refractivity contribution >= 4 is 45.6 Å². The average Bonchev–Trinajstić information content (AvgIpc) is 3.44. The number of amides is 2. The Morgan fingerprint density at radius 2 is 1.97 bits per heavy atom. The molecule has 0 saturated heterocycles. The van der Waals surface area contributed by atoms with Gasteiger partial charge in [0.25, 0.3) is 5.91 Å². The Kier molecular flexibility index (Phi) is 7.07. The zero-order valence-corrected chi connectivity index (χ0v) is 19.6. The van der Waals surface area contributed by atoms with Crippen molar-refractivity contribution in [3.63, 3.8) is 0 Å². The van der Waals surface area contributed by atoms with Gasteiger partial charge in [-0.25, -0.2) is 4.98 Å². The topological polar surface area (TPSA) is 108 Å². The summed E-state index contributed by atoms with van der Waals surface area (Å²) < 4.78 is 5.14. The Morgan fingerprint density at radius 1 is 1.18 bits per heavy atom. The first-order valence-corrected chi connectivity index (χ1v) is 11.5. The Labute approximate surface area is 205 Å². The molecule has 0 fully saturated rings. The minimum atomic E-state index is -0.507. The fourth-order valence-electron chi connectivity index (χ4n) is 3.41. The van der Waals surface area contributed by atoms with Gasteiger partial charge in [0.2, 0.25) is 5.91 Å². The summed E-state index contributed by atoms with van der Waals surface area (Å²) in [6, 6.07) is 18.3. The number of nitrogens with zero attached hydrogens (tertiary/aromatic N) is 2. The molecule has 2 aromatic carbocycles. The van der Waals surface area contributed by atoms with E-state index in [4.69, 9.17) is 16.0 Å². The maximum absolute atomic E-state index is 12.5. The number of hydrogen-bond donors (Lipinski definition) is 2. The molecule has 2 N–H and O–H groups in total. The van der Waals surface area contributed by atoms with Gasteiger partial charge in [-0.2, -0.15) is 5.26 Å². The van der Waals surface area contributed by atoms with E-state index in [-0.39, 0.29) is 18.2 Å². The SMILES string of the molecule is Cc1occc1C(=O)Nc1nc(CC(=O)Nc2ccc(C(C#N)c3ccccc3)c(Cl)c2)cs1. The van der Waals surface area contributed by atoms with E-state index >= 15 is 0 Å². The molecule has 0 aliphatic heterocycles. The highest BCUT2D eigenvalue weighted by atomic mass is 35.5. The maximum Gasteiger partial charge on any atom is 0.260 e.